The molecule has 3 nitrogen and oxygen atoms in total. The number of H-pyrrole nitrogens is 1. The van der Waals surface area contributed by atoms with Crippen molar-refractivity contribution >= 4 is 21.7 Å². The molecule has 10 heavy (non-hydrogen) atoms. The predicted octanol–water partition coefficient (Wildman–Crippen LogP) is 1.30. The van der Waals surface area contributed by atoms with Crippen LogP contribution in [0.3, 0.4) is 0 Å². The number of Topliss-reactive ketones (excluding diaryl/α,β-unsaturated/α-hetero) is 1. The van der Waals surface area contributed by atoms with E-state index in [0.29, 0.717) is 11.0 Å². The summed E-state index contributed by atoms with van der Waals surface area (Å²) in [6, 6.07) is 1.73. The third-order valence-corrected chi connectivity index (χ3v) is 1.64. The zero-order chi connectivity index (χ0) is 7.56. The van der Waals surface area contributed by atoms with Crippen molar-refractivity contribution in [2.24, 2.45) is 0 Å². The van der Waals surface area contributed by atoms with Crippen LogP contribution in [0.1, 0.15) is 16.2 Å². The van der Waals surface area contributed by atoms with Crippen molar-refractivity contribution in [2.75, 3.05) is 5.33 Å². The zero-order valence-corrected chi connectivity index (χ0v) is 7.10. The molecule has 1 heterocycles. The number of carbonyl (C=O) groups is 1. The molecule has 1 N–H and O–H groups in total. The van der Waals surface area contributed by atoms with E-state index in [2.05, 4.69) is 26.1 Å². The van der Waals surface area contributed by atoms with E-state index in [9.17, 15) is 4.79 Å². The third-order valence-electron chi connectivity index (χ3n) is 1.13. The summed E-state index contributed by atoms with van der Waals surface area (Å²) >= 11 is 3.06. The van der Waals surface area contributed by atoms with Gasteiger partial charge in [0.05, 0.1) is 11.0 Å². The molecular formula is C6H7BrN2O. The van der Waals surface area contributed by atoms with E-state index in [1.807, 2.05) is 6.92 Å². The second-order valence-electron chi connectivity index (χ2n) is 1.98. The summed E-state index contributed by atoms with van der Waals surface area (Å²) in [5.41, 5.74) is 1.40. The van der Waals surface area contributed by atoms with E-state index in [1.54, 1.807) is 6.07 Å². The maximum absolute atomic E-state index is 10.9. The number of aromatic amines is 1. The number of alkyl halides is 1. The van der Waals surface area contributed by atoms with Crippen molar-refractivity contribution < 1.29 is 4.79 Å². The number of nitrogens with one attached hydrogen (secondary N) is 1. The molecule has 0 bridgehead atoms. The number of nitrogens with zero attached hydrogens (tertiary/aromatic N) is 1. The monoisotopic (exact) mass is 202 g/mol. The van der Waals surface area contributed by atoms with Crippen molar-refractivity contribution in [2.45, 2.75) is 6.92 Å². The Morgan fingerprint density at radius 3 is 3.00 bits per heavy atom. The van der Waals surface area contributed by atoms with Crippen LogP contribution in [0.2, 0.25) is 0 Å². The Hall–Kier alpha value is -0.640. The summed E-state index contributed by atoms with van der Waals surface area (Å²) in [4.78, 5) is 10.9. The average molecular weight is 203 g/mol. The van der Waals surface area contributed by atoms with Gasteiger partial charge in [0.2, 0.25) is 0 Å². The summed E-state index contributed by atoms with van der Waals surface area (Å²) < 4.78 is 0. The number of carbonyl (C=O) groups excluding carboxylic acids is 1. The first-order chi connectivity index (χ1) is 4.74. The molecule has 0 aliphatic rings. The van der Waals surface area contributed by atoms with Gasteiger partial charge in [0.1, 0.15) is 5.69 Å². The lowest BCUT2D eigenvalue weighted by Gasteiger charge is -1.85. The lowest BCUT2D eigenvalue weighted by molar-refractivity contribution is 0.101. The van der Waals surface area contributed by atoms with Crippen LogP contribution in [0.15, 0.2) is 6.07 Å². The number of aryl methyl sites for hydroxylation is 1. The summed E-state index contributed by atoms with van der Waals surface area (Å²) in [5.74, 6) is 0.0283. The second-order valence-corrected chi connectivity index (χ2v) is 2.54. The van der Waals surface area contributed by atoms with Crippen molar-refractivity contribution in [3.8, 4) is 0 Å². The molecule has 0 aromatic carbocycles. The van der Waals surface area contributed by atoms with Crippen LogP contribution in [-0.2, 0) is 0 Å². The maximum atomic E-state index is 10.9. The Balaban J connectivity index is 2.85. The van der Waals surface area contributed by atoms with Crippen LogP contribution in [0.25, 0.3) is 0 Å². The van der Waals surface area contributed by atoms with E-state index in [-0.39, 0.29) is 5.78 Å². The van der Waals surface area contributed by atoms with Gasteiger partial charge in [0.25, 0.3) is 0 Å². The molecule has 1 aromatic heterocycles. The minimum Gasteiger partial charge on any atom is -0.292 e. The summed E-state index contributed by atoms with van der Waals surface area (Å²) in [5, 5.41) is 6.79. The van der Waals surface area contributed by atoms with Crippen LogP contribution in [0.4, 0.5) is 0 Å². The van der Waals surface area contributed by atoms with Crippen molar-refractivity contribution in [1.82, 2.24) is 10.2 Å². The van der Waals surface area contributed by atoms with E-state index in [0.717, 1.165) is 5.69 Å². The number of aromatic nitrogens is 2. The number of halogens is 1. The molecular weight excluding hydrogens is 196 g/mol. The van der Waals surface area contributed by atoms with Gasteiger partial charge in [-0.1, -0.05) is 15.9 Å². The predicted molar refractivity (Wildman–Crippen MR) is 41.4 cm³/mol. The summed E-state index contributed by atoms with van der Waals surface area (Å²) in [7, 11) is 0. The van der Waals surface area contributed by atoms with Gasteiger partial charge < -0.3 is 0 Å². The largest absolute Gasteiger partial charge is 0.292 e. The molecule has 54 valence electrons. The van der Waals surface area contributed by atoms with Crippen molar-refractivity contribution in [1.29, 1.82) is 0 Å². The van der Waals surface area contributed by atoms with E-state index in [4.69, 9.17) is 0 Å². The summed E-state index contributed by atoms with van der Waals surface area (Å²) in [6.07, 6.45) is 0. The highest BCUT2D eigenvalue weighted by Gasteiger charge is 2.04. The first-order valence-electron chi connectivity index (χ1n) is 2.85. The molecule has 0 aliphatic carbocycles. The van der Waals surface area contributed by atoms with Crippen LogP contribution in [0, 0.1) is 6.92 Å². The Morgan fingerprint density at radius 1 is 1.90 bits per heavy atom. The molecule has 0 saturated carbocycles. The fraction of sp³-hybridized carbons (Fsp3) is 0.333. The smallest absolute Gasteiger partial charge is 0.191 e. The first kappa shape index (κ1) is 7.47. The molecule has 0 atom stereocenters. The summed E-state index contributed by atoms with van der Waals surface area (Å²) in [6.45, 7) is 1.83. The van der Waals surface area contributed by atoms with E-state index in [1.165, 1.54) is 0 Å². The van der Waals surface area contributed by atoms with Gasteiger partial charge in [-0.2, -0.15) is 5.10 Å². The van der Waals surface area contributed by atoms with E-state index >= 15 is 0 Å². The number of hydrogen-bond donors (Lipinski definition) is 1. The van der Waals surface area contributed by atoms with Gasteiger partial charge in [-0.15, -0.1) is 0 Å². The minimum atomic E-state index is 0.0283. The highest BCUT2D eigenvalue weighted by Crippen LogP contribution is 2.00. The highest BCUT2D eigenvalue weighted by molar-refractivity contribution is 9.09. The van der Waals surface area contributed by atoms with Crippen LogP contribution in [-0.4, -0.2) is 21.3 Å². The Labute approximate surface area is 67.0 Å². The molecule has 4 heteroatoms. The molecule has 0 spiro atoms. The third kappa shape index (κ3) is 1.44. The Morgan fingerprint density at radius 2 is 2.60 bits per heavy atom. The molecule has 0 fully saturated rings. The van der Waals surface area contributed by atoms with Gasteiger partial charge >= 0.3 is 0 Å². The minimum absolute atomic E-state index is 0.0283. The molecule has 0 unspecified atom stereocenters. The lowest BCUT2D eigenvalue weighted by atomic mass is 10.3. The van der Waals surface area contributed by atoms with Crippen LogP contribution < -0.4 is 0 Å². The number of ketones is 1. The molecule has 0 amide bonds. The van der Waals surface area contributed by atoms with Crippen molar-refractivity contribution in [3.05, 3.63) is 17.5 Å². The lowest BCUT2D eigenvalue weighted by Crippen LogP contribution is -1.99. The maximum Gasteiger partial charge on any atom is 0.191 e. The second kappa shape index (κ2) is 2.96. The fourth-order valence-electron chi connectivity index (χ4n) is 0.637. The van der Waals surface area contributed by atoms with Gasteiger partial charge in [-0.3, -0.25) is 9.89 Å². The SMILES string of the molecule is Cc1cc(C(=O)CBr)[nH]n1. The molecule has 0 saturated heterocycles. The van der Waals surface area contributed by atoms with Gasteiger partial charge in [-0.25, -0.2) is 0 Å². The number of rotatable bonds is 2. The van der Waals surface area contributed by atoms with Gasteiger partial charge in [-0.05, 0) is 13.0 Å². The normalized spacial score (nSPS) is 9.80. The quantitative estimate of drug-likeness (QED) is 0.581. The average Bonchev–Trinajstić information content (AvgIpc) is 2.34. The van der Waals surface area contributed by atoms with Crippen LogP contribution in [0.5, 0.6) is 0 Å². The van der Waals surface area contributed by atoms with Gasteiger partial charge in [0.15, 0.2) is 5.78 Å². The Kier molecular flexibility index (Phi) is 2.21. The van der Waals surface area contributed by atoms with Gasteiger partial charge in [0, 0.05) is 0 Å². The first-order valence-corrected chi connectivity index (χ1v) is 3.97. The zero-order valence-electron chi connectivity index (χ0n) is 5.52. The molecule has 0 radical (unpaired) electrons. The Bertz CT molecular complexity index is 244. The van der Waals surface area contributed by atoms with E-state index < -0.39 is 0 Å². The molecule has 1 rings (SSSR count). The highest BCUT2D eigenvalue weighted by atomic mass is 79.9. The molecule has 0 aliphatic heterocycles. The van der Waals surface area contributed by atoms with Crippen LogP contribution >= 0.6 is 15.9 Å². The molecule has 1 aromatic rings. The fourth-order valence-corrected chi connectivity index (χ4v) is 0.939. The topological polar surface area (TPSA) is 45.8 Å². The standard InChI is InChI=1S/C6H7BrN2O/c1-4-2-5(9-8-4)6(10)3-7/h2H,3H2,1H3,(H,8,9). The number of hydrogen-bond acceptors (Lipinski definition) is 2. The van der Waals surface area contributed by atoms with Crippen molar-refractivity contribution in [3.63, 3.8) is 0 Å².